The minimum absolute atomic E-state index is 0. The molecule has 0 spiro atoms. The topological polar surface area (TPSA) is 35.2 Å². The summed E-state index contributed by atoms with van der Waals surface area (Å²) >= 11 is 0. The van der Waals surface area contributed by atoms with Crippen molar-refractivity contribution in [1.82, 2.24) is 0 Å². The van der Waals surface area contributed by atoms with E-state index in [2.05, 4.69) is 26.0 Å². The summed E-state index contributed by atoms with van der Waals surface area (Å²) in [6.07, 6.45) is 0. The second kappa shape index (κ2) is 5.65. The van der Waals surface area contributed by atoms with Crippen LogP contribution in [0, 0.1) is 0 Å². The predicted molar refractivity (Wildman–Crippen MR) is 40.2 cm³/mol. The number of hydrogen-bond donors (Lipinski definition) is 1. The first-order valence-electron chi connectivity index (χ1n) is 2.68. The first-order valence-corrected chi connectivity index (χ1v) is 2.68. The van der Waals surface area contributed by atoms with E-state index in [-0.39, 0.29) is 29.6 Å². The fourth-order valence-corrected chi connectivity index (χ4v) is 0.327. The molecule has 0 radical (unpaired) electrons. The molecule has 0 aromatic carbocycles. The summed E-state index contributed by atoms with van der Waals surface area (Å²) in [5, 5.41) is 0. The fraction of sp³-hybridized carbons (Fsp3) is 1.00. The van der Waals surface area contributed by atoms with Gasteiger partial charge >= 0.3 is 29.6 Å². The maximum atomic E-state index is 4.83. The average molecular weight is 143 g/mol. The Labute approximate surface area is 79.0 Å². The summed E-state index contributed by atoms with van der Waals surface area (Å²) in [6, 6.07) is 0. The van der Waals surface area contributed by atoms with Crippen LogP contribution < -0.4 is 5.90 Å². The van der Waals surface area contributed by atoms with E-state index in [1.165, 1.54) is 0 Å². The van der Waals surface area contributed by atoms with Gasteiger partial charge in [0.1, 0.15) is 13.2 Å². The van der Waals surface area contributed by atoms with Crippen LogP contribution in [0.4, 0.5) is 0 Å². The first-order chi connectivity index (χ1) is 3.56. The van der Waals surface area contributed by atoms with Gasteiger partial charge in [0.2, 0.25) is 0 Å². The minimum atomic E-state index is 0. The second-order valence-corrected chi connectivity index (χ2v) is 2.88. The third kappa shape index (κ3) is 12.2. The molecule has 0 aromatic heterocycles. The standard InChI is InChI=1S/C5H15N2O.Na.H/c1-7(2,3)4-5-8-6;;/h4-6H2,1-3H3;;/q+1;;. The second-order valence-electron chi connectivity index (χ2n) is 2.88. The van der Waals surface area contributed by atoms with Crippen molar-refractivity contribution in [3.63, 3.8) is 0 Å². The van der Waals surface area contributed by atoms with E-state index >= 15 is 0 Å². The molecule has 3 nitrogen and oxygen atoms in total. The summed E-state index contributed by atoms with van der Waals surface area (Å²) < 4.78 is 0.900. The molecular formula is C5H16N2NaO+. The molecule has 2 N–H and O–H groups in total. The van der Waals surface area contributed by atoms with E-state index in [0.717, 1.165) is 11.0 Å². The molecule has 52 valence electrons. The van der Waals surface area contributed by atoms with Crippen molar-refractivity contribution in [2.75, 3.05) is 34.3 Å². The van der Waals surface area contributed by atoms with Gasteiger partial charge in [-0.15, -0.1) is 0 Å². The van der Waals surface area contributed by atoms with Crippen molar-refractivity contribution in [3.8, 4) is 0 Å². The van der Waals surface area contributed by atoms with Crippen LogP contribution in [-0.4, -0.2) is 68.3 Å². The van der Waals surface area contributed by atoms with Gasteiger partial charge in [0.25, 0.3) is 0 Å². The average Bonchev–Trinajstić information content (AvgIpc) is 1.59. The number of hydrogen-bond acceptors (Lipinski definition) is 2. The van der Waals surface area contributed by atoms with Gasteiger partial charge in [-0.05, 0) is 0 Å². The number of likely N-dealkylation sites (N-methyl/N-ethyl adjacent to an activating group) is 1. The van der Waals surface area contributed by atoms with Crippen LogP contribution in [-0.2, 0) is 4.84 Å². The molecule has 0 fully saturated rings. The zero-order valence-corrected chi connectivity index (χ0v) is 5.85. The molecule has 0 saturated carbocycles. The zero-order valence-electron chi connectivity index (χ0n) is 5.85. The number of nitrogens with two attached hydrogens (primary N) is 1. The van der Waals surface area contributed by atoms with Gasteiger partial charge in [0.15, 0.2) is 0 Å². The van der Waals surface area contributed by atoms with Gasteiger partial charge in [0.05, 0.1) is 21.1 Å². The molecular weight excluding hydrogens is 127 g/mol. The van der Waals surface area contributed by atoms with E-state index < -0.39 is 0 Å². The van der Waals surface area contributed by atoms with Crippen molar-refractivity contribution in [2.45, 2.75) is 0 Å². The van der Waals surface area contributed by atoms with Crippen molar-refractivity contribution >= 4 is 29.6 Å². The Balaban J connectivity index is 0. The molecule has 0 rings (SSSR count). The van der Waals surface area contributed by atoms with Crippen molar-refractivity contribution in [3.05, 3.63) is 0 Å². The van der Waals surface area contributed by atoms with Gasteiger partial charge in [0, 0.05) is 0 Å². The number of nitrogens with zero attached hydrogens (tertiary/aromatic N) is 1. The maximum absolute atomic E-state index is 4.83. The van der Waals surface area contributed by atoms with E-state index in [9.17, 15) is 0 Å². The molecule has 0 aliphatic rings. The SMILES string of the molecule is C[N+](C)(C)CCON.[NaH]. The van der Waals surface area contributed by atoms with Gasteiger partial charge in [-0.2, -0.15) is 0 Å². The van der Waals surface area contributed by atoms with Gasteiger partial charge < -0.3 is 4.48 Å². The van der Waals surface area contributed by atoms with Crippen molar-refractivity contribution in [2.24, 2.45) is 5.90 Å². The zero-order chi connectivity index (χ0) is 6.62. The summed E-state index contributed by atoms with van der Waals surface area (Å²) in [5.41, 5.74) is 0. The third-order valence-electron chi connectivity index (χ3n) is 0.880. The van der Waals surface area contributed by atoms with E-state index in [1.54, 1.807) is 0 Å². The molecule has 4 heteroatoms. The Morgan fingerprint density at radius 1 is 1.33 bits per heavy atom. The van der Waals surface area contributed by atoms with Gasteiger partial charge in [-0.1, -0.05) is 0 Å². The quantitative estimate of drug-likeness (QED) is 0.310. The van der Waals surface area contributed by atoms with E-state index in [1.807, 2.05) is 0 Å². The Morgan fingerprint density at radius 3 is 1.89 bits per heavy atom. The van der Waals surface area contributed by atoms with Crippen LogP contribution >= 0.6 is 0 Å². The van der Waals surface area contributed by atoms with Crippen molar-refractivity contribution in [1.29, 1.82) is 0 Å². The predicted octanol–water partition coefficient (Wildman–Crippen LogP) is -1.07. The Bertz CT molecular complexity index is 62.5. The molecule has 0 bridgehead atoms. The van der Waals surface area contributed by atoms with Crippen LogP contribution in [0.25, 0.3) is 0 Å². The molecule has 0 unspecified atom stereocenters. The number of quaternary nitrogens is 1. The van der Waals surface area contributed by atoms with E-state index in [4.69, 9.17) is 5.90 Å². The molecule has 0 heterocycles. The Morgan fingerprint density at radius 2 is 1.78 bits per heavy atom. The third-order valence-corrected chi connectivity index (χ3v) is 0.880. The molecule has 0 aliphatic heterocycles. The first kappa shape index (κ1) is 12.5. The van der Waals surface area contributed by atoms with E-state index in [0.29, 0.717) is 6.61 Å². The molecule has 0 atom stereocenters. The van der Waals surface area contributed by atoms with Crippen LogP contribution in [0.5, 0.6) is 0 Å². The summed E-state index contributed by atoms with van der Waals surface area (Å²) in [7, 11) is 6.29. The normalized spacial score (nSPS) is 10.7. The fourth-order valence-electron chi connectivity index (χ4n) is 0.327. The van der Waals surface area contributed by atoms with Crippen LogP contribution in [0.2, 0.25) is 0 Å². The molecule has 0 aliphatic carbocycles. The van der Waals surface area contributed by atoms with Gasteiger partial charge in [-0.3, -0.25) is 4.84 Å². The van der Waals surface area contributed by atoms with Crippen LogP contribution in [0.1, 0.15) is 0 Å². The summed E-state index contributed by atoms with van der Waals surface area (Å²) in [6.45, 7) is 1.58. The summed E-state index contributed by atoms with van der Waals surface area (Å²) in [4.78, 5) is 4.40. The monoisotopic (exact) mass is 143 g/mol. The molecule has 0 amide bonds. The van der Waals surface area contributed by atoms with Gasteiger partial charge in [-0.25, -0.2) is 5.90 Å². The Kier molecular flexibility index (Phi) is 7.87. The van der Waals surface area contributed by atoms with Crippen molar-refractivity contribution < 1.29 is 9.32 Å². The molecule has 0 aromatic rings. The van der Waals surface area contributed by atoms with Crippen LogP contribution in [0.15, 0.2) is 0 Å². The summed E-state index contributed by atoms with van der Waals surface area (Å²) in [5.74, 6) is 4.83. The molecule has 0 saturated heterocycles. The number of rotatable bonds is 3. The molecule has 9 heavy (non-hydrogen) atoms. The Hall–Kier alpha value is 0.880. The van der Waals surface area contributed by atoms with Crippen LogP contribution in [0.3, 0.4) is 0 Å².